The van der Waals surface area contributed by atoms with Crippen molar-refractivity contribution < 1.29 is 0 Å². The number of hydrogen-bond acceptors (Lipinski definition) is 4. The van der Waals surface area contributed by atoms with Crippen LogP contribution in [0.1, 0.15) is 42.0 Å². The fraction of sp³-hybridized carbons (Fsp3) is 0.471. The van der Waals surface area contributed by atoms with Crippen molar-refractivity contribution in [1.82, 2.24) is 20.1 Å². The van der Waals surface area contributed by atoms with Crippen LogP contribution in [0.3, 0.4) is 0 Å². The minimum atomic E-state index is 0.704. The zero-order valence-electron chi connectivity index (χ0n) is 12.8. The maximum Gasteiger partial charge on any atom is 0.134 e. The minimum absolute atomic E-state index is 0.704. The summed E-state index contributed by atoms with van der Waals surface area (Å²) < 4.78 is 2.30. The second-order valence-electron chi connectivity index (χ2n) is 5.73. The fourth-order valence-electron chi connectivity index (χ4n) is 2.86. The van der Waals surface area contributed by atoms with Crippen molar-refractivity contribution in [2.75, 3.05) is 6.54 Å². The molecule has 0 bridgehead atoms. The van der Waals surface area contributed by atoms with E-state index < -0.39 is 0 Å². The number of aryl methyl sites for hydroxylation is 1. The topological polar surface area (TPSA) is 66.5 Å². The quantitative estimate of drug-likeness (QED) is 0.859. The van der Waals surface area contributed by atoms with Gasteiger partial charge in [-0.25, -0.2) is 0 Å². The van der Waals surface area contributed by atoms with Gasteiger partial charge in [0, 0.05) is 32.5 Å². The molecule has 0 atom stereocenters. The van der Waals surface area contributed by atoms with Crippen LogP contribution in [0.5, 0.6) is 0 Å². The predicted octanol–water partition coefficient (Wildman–Crippen LogP) is 2.21. The number of nitrogens with one attached hydrogen (secondary N) is 1. The third kappa shape index (κ3) is 3.52. The highest BCUT2D eigenvalue weighted by atomic mass is 15.3. The first-order valence-electron chi connectivity index (χ1n) is 7.97. The summed E-state index contributed by atoms with van der Waals surface area (Å²) >= 11 is 0. The predicted molar refractivity (Wildman–Crippen MR) is 84.1 cm³/mol. The van der Waals surface area contributed by atoms with Crippen molar-refractivity contribution in [3.63, 3.8) is 0 Å². The molecule has 0 unspecified atom stereocenters. The molecule has 3 rings (SSSR count). The van der Waals surface area contributed by atoms with Gasteiger partial charge in [-0.2, -0.15) is 5.26 Å². The van der Waals surface area contributed by atoms with Crippen molar-refractivity contribution in [1.29, 1.82) is 5.26 Å². The lowest BCUT2D eigenvalue weighted by molar-refractivity contribution is 0.587. The van der Waals surface area contributed by atoms with E-state index in [1.54, 1.807) is 0 Å². The summed E-state index contributed by atoms with van der Waals surface area (Å²) in [6.45, 7) is 2.76. The number of hydrogen-bond donors (Lipinski definition) is 1. The zero-order valence-corrected chi connectivity index (χ0v) is 12.8. The van der Waals surface area contributed by atoms with Crippen LogP contribution in [0.4, 0.5) is 0 Å². The van der Waals surface area contributed by atoms with Crippen LogP contribution in [-0.4, -0.2) is 21.3 Å². The van der Waals surface area contributed by atoms with Crippen molar-refractivity contribution >= 4 is 0 Å². The summed E-state index contributed by atoms with van der Waals surface area (Å²) in [5, 5.41) is 20.9. The molecule has 0 aliphatic carbocycles. The van der Waals surface area contributed by atoms with Gasteiger partial charge in [-0.15, -0.1) is 10.2 Å². The number of fused-ring (bicyclic) bond motifs is 1. The van der Waals surface area contributed by atoms with Crippen LogP contribution in [0.15, 0.2) is 24.3 Å². The van der Waals surface area contributed by atoms with E-state index in [4.69, 9.17) is 5.26 Å². The number of nitrogens with zero attached hydrogens (tertiary/aromatic N) is 4. The van der Waals surface area contributed by atoms with E-state index in [9.17, 15) is 0 Å². The number of aromatic nitrogens is 3. The number of benzene rings is 1. The van der Waals surface area contributed by atoms with Crippen LogP contribution in [0.2, 0.25) is 0 Å². The Morgan fingerprint density at radius 3 is 2.82 bits per heavy atom. The van der Waals surface area contributed by atoms with Crippen LogP contribution >= 0.6 is 0 Å². The third-order valence-electron chi connectivity index (χ3n) is 4.12. The van der Waals surface area contributed by atoms with Gasteiger partial charge >= 0.3 is 0 Å². The lowest BCUT2D eigenvalue weighted by Gasteiger charge is -2.08. The number of nitriles is 1. The summed E-state index contributed by atoms with van der Waals surface area (Å²) in [5.74, 6) is 2.25. The van der Waals surface area contributed by atoms with Gasteiger partial charge in [0.2, 0.25) is 0 Å². The number of rotatable bonds is 5. The Balaban J connectivity index is 1.49. The van der Waals surface area contributed by atoms with Gasteiger partial charge in [-0.1, -0.05) is 18.6 Å². The smallest absolute Gasteiger partial charge is 0.134 e. The summed E-state index contributed by atoms with van der Waals surface area (Å²) in [6, 6.07) is 9.84. The monoisotopic (exact) mass is 295 g/mol. The molecule has 0 saturated carbocycles. The standard InChI is InChI=1S/C17H21N5/c18-12-14-5-7-15(8-6-14)13-19-10-9-17-21-20-16-4-2-1-3-11-22(16)17/h5-8,19H,1-4,9-11,13H2. The van der Waals surface area contributed by atoms with E-state index in [0.29, 0.717) is 5.56 Å². The second kappa shape index (κ2) is 7.19. The van der Waals surface area contributed by atoms with E-state index in [1.807, 2.05) is 24.3 Å². The summed E-state index contributed by atoms with van der Waals surface area (Å²) in [5.41, 5.74) is 1.90. The van der Waals surface area contributed by atoms with Gasteiger partial charge in [-0.05, 0) is 30.5 Å². The molecule has 1 N–H and O–H groups in total. The molecule has 0 radical (unpaired) electrons. The Morgan fingerprint density at radius 1 is 1.14 bits per heavy atom. The Hall–Kier alpha value is -2.19. The molecule has 2 aromatic rings. The van der Waals surface area contributed by atoms with Crippen LogP contribution < -0.4 is 5.32 Å². The molecule has 5 heteroatoms. The average Bonchev–Trinajstić information content (AvgIpc) is 2.79. The molecule has 1 aromatic heterocycles. The van der Waals surface area contributed by atoms with Crippen LogP contribution in [-0.2, 0) is 25.9 Å². The Labute approximate surface area is 131 Å². The lowest BCUT2D eigenvalue weighted by Crippen LogP contribution is -2.19. The third-order valence-corrected chi connectivity index (χ3v) is 4.12. The highest BCUT2D eigenvalue weighted by Gasteiger charge is 2.13. The van der Waals surface area contributed by atoms with E-state index in [0.717, 1.165) is 44.1 Å². The Morgan fingerprint density at radius 2 is 2.00 bits per heavy atom. The van der Waals surface area contributed by atoms with Crippen molar-refractivity contribution in [3.05, 3.63) is 47.0 Å². The molecule has 5 nitrogen and oxygen atoms in total. The van der Waals surface area contributed by atoms with Crippen LogP contribution in [0, 0.1) is 11.3 Å². The molecular weight excluding hydrogens is 274 g/mol. The summed E-state index contributed by atoms with van der Waals surface area (Å²) in [6.07, 6.45) is 5.72. The van der Waals surface area contributed by atoms with Gasteiger partial charge in [0.1, 0.15) is 11.6 Å². The molecule has 0 saturated heterocycles. The van der Waals surface area contributed by atoms with Crippen LogP contribution in [0.25, 0.3) is 0 Å². The van der Waals surface area contributed by atoms with Gasteiger partial charge in [0.15, 0.2) is 0 Å². The second-order valence-corrected chi connectivity index (χ2v) is 5.73. The zero-order chi connectivity index (χ0) is 15.2. The summed E-state index contributed by atoms with van der Waals surface area (Å²) in [4.78, 5) is 0. The maximum atomic E-state index is 8.78. The first kappa shape index (κ1) is 14.7. The highest BCUT2D eigenvalue weighted by molar-refractivity contribution is 5.31. The highest BCUT2D eigenvalue weighted by Crippen LogP contribution is 2.14. The first-order chi connectivity index (χ1) is 10.9. The minimum Gasteiger partial charge on any atom is -0.315 e. The molecule has 22 heavy (non-hydrogen) atoms. The largest absolute Gasteiger partial charge is 0.315 e. The molecule has 0 amide bonds. The summed E-state index contributed by atoms with van der Waals surface area (Å²) in [7, 11) is 0. The van der Waals surface area contributed by atoms with Gasteiger partial charge in [0.05, 0.1) is 11.6 Å². The average molecular weight is 295 g/mol. The maximum absolute atomic E-state index is 8.78. The lowest BCUT2D eigenvalue weighted by atomic mass is 10.1. The molecule has 1 aromatic carbocycles. The molecular formula is C17H21N5. The Kier molecular flexibility index (Phi) is 4.81. The van der Waals surface area contributed by atoms with Crippen molar-refractivity contribution in [2.24, 2.45) is 0 Å². The van der Waals surface area contributed by atoms with Crippen molar-refractivity contribution in [2.45, 2.75) is 45.2 Å². The normalized spacial score (nSPS) is 14.1. The fourth-order valence-corrected chi connectivity index (χ4v) is 2.86. The molecule has 114 valence electrons. The molecule has 1 aliphatic rings. The first-order valence-corrected chi connectivity index (χ1v) is 7.97. The van der Waals surface area contributed by atoms with Gasteiger partial charge in [0.25, 0.3) is 0 Å². The van der Waals surface area contributed by atoms with Gasteiger partial charge in [-0.3, -0.25) is 0 Å². The Bertz CT molecular complexity index is 651. The molecule has 0 spiro atoms. The van der Waals surface area contributed by atoms with Gasteiger partial charge < -0.3 is 9.88 Å². The van der Waals surface area contributed by atoms with Crippen molar-refractivity contribution in [3.8, 4) is 6.07 Å². The SMILES string of the molecule is N#Cc1ccc(CNCCc2nnc3n2CCCCC3)cc1. The van der Waals surface area contributed by atoms with E-state index >= 15 is 0 Å². The molecule has 0 fully saturated rings. The molecule has 2 heterocycles. The van der Waals surface area contributed by atoms with E-state index in [2.05, 4.69) is 26.2 Å². The molecule has 1 aliphatic heterocycles. The van der Waals surface area contributed by atoms with E-state index in [1.165, 1.54) is 24.8 Å². The van der Waals surface area contributed by atoms with E-state index in [-0.39, 0.29) is 0 Å².